The van der Waals surface area contributed by atoms with Gasteiger partial charge < -0.3 is 20.5 Å². The lowest BCUT2D eigenvalue weighted by Crippen LogP contribution is -2.61. The highest BCUT2D eigenvalue weighted by molar-refractivity contribution is 6.37. The van der Waals surface area contributed by atoms with Crippen molar-refractivity contribution in [1.29, 1.82) is 0 Å². The summed E-state index contributed by atoms with van der Waals surface area (Å²) in [5, 5.41) is 7.37. The van der Waals surface area contributed by atoms with Crippen molar-refractivity contribution in [2.45, 2.75) is 71.6 Å². The number of hydrazone groups is 1. The van der Waals surface area contributed by atoms with Crippen LogP contribution in [0.4, 0.5) is 4.79 Å². The minimum atomic E-state index is -1.24. The Morgan fingerprint density at radius 1 is 1.26 bits per heavy atom. The number of ether oxygens (including phenoxy) is 2. The van der Waals surface area contributed by atoms with Crippen LogP contribution in [-0.2, 0) is 23.9 Å². The van der Waals surface area contributed by atoms with E-state index < -0.39 is 41.6 Å². The maximum Gasteiger partial charge on any atom is 0.407 e. The largest absolute Gasteiger partial charge is 0.461 e. The molecule has 10 nitrogen and oxygen atoms in total. The molecule has 0 bridgehead atoms. The van der Waals surface area contributed by atoms with Crippen LogP contribution >= 0.6 is 0 Å². The van der Waals surface area contributed by atoms with Gasteiger partial charge in [-0.1, -0.05) is 6.92 Å². The molecule has 27 heavy (non-hydrogen) atoms. The third-order valence-electron chi connectivity index (χ3n) is 3.51. The van der Waals surface area contributed by atoms with Gasteiger partial charge in [-0.2, -0.15) is 5.10 Å². The molecule has 0 aromatic rings. The number of primary amides is 1. The Kier molecular flexibility index (Phi) is 7.74. The Morgan fingerprint density at radius 3 is 2.37 bits per heavy atom. The summed E-state index contributed by atoms with van der Waals surface area (Å²) in [7, 11) is 0. The number of carbonyl (C=O) groups is 4. The fourth-order valence-corrected chi connectivity index (χ4v) is 2.51. The van der Waals surface area contributed by atoms with Gasteiger partial charge in [0.2, 0.25) is 11.8 Å². The number of nitrogens with one attached hydrogen (secondary N) is 1. The molecule has 0 aromatic carbocycles. The van der Waals surface area contributed by atoms with Crippen molar-refractivity contribution < 1.29 is 28.7 Å². The number of esters is 1. The summed E-state index contributed by atoms with van der Waals surface area (Å²) in [6.07, 6.45) is -0.314. The van der Waals surface area contributed by atoms with Crippen molar-refractivity contribution in [1.82, 2.24) is 10.3 Å². The molecule has 0 radical (unpaired) electrons. The first-order chi connectivity index (χ1) is 12.5. The summed E-state index contributed by atoms with van der Waals surface area (Å²) in [4.78, 5) is 48.7. The Labute approximate surface area is 158 Å². The summed E-state index contributed by atoms with van der Waals surface area (Å²) < 4.78 is 10.1. The van der Waals surface area contributed by atoms with Crippen LogP contribution in [0, 0.1) is 0 Å². The Hall–Kier alpha value is -2.65. The van der Waals surface area contributed by atoms with Gasteiger partial charge in [-0.3, -0.25) is 9.59 Å². The van der Waals surface area contributed by atoms with Gasteiger partial charge in [0.1, 0.15) is 11.3 Å². The lowest BCUT2D eigenvalue weighted by molar-refractivity contribution is -0.142. The van der Waals surface area contributed by atoms with E-state index in [4.69, 9.17) is 15.2 Å². The molecule has 0 aromatic heterocycles. The second-order valence-electron chi connectivity index (χ2n) is 7.06. The summed E-state index contributed by atoms with van der Waals surface area (Å²) in [6, 6.07) is -2.22. The first-order valence-corrected chi connectivity index (χ1v) is 8.85. The fraction of sp³-hybridized carbons (Fsp3) is 0.706. The standard InChI is InChI=1S/C17H28N4O6/c1-6-8-12(22)21-13(14(18)23)10(19-16(25)27-17(3,4)5)9-11(20-21)15(24)26-7-2/h10,13H,6-9H2,1-5H3,(H2,18,23)(H,19,25). The Bertz CT molecular complexity index is 625. The number of carbonyl (C=O) groups excluding carboxylic acids is 4. The zero-order valence-corrected chi connectivity index (χ0v) is 16.4. The molecule has 0 saturated carbocycles. The number of alkyl carbamates (subject to hydrolysis) is 1. The van der Waals surface area contributed by atoms with Crippen molar-refractivity contribution in [3.05, 3.63) is 0 Å². The summed E-state index contributed by atoms with van der Waals surface area (Å²) in [5.74, 6) is -2.07. The van der Waals surface area contributed by atoms with Gasteiger partial charge in [-0.15, -0.1) is 0 Å². The predicted octanol–water partition coefficient (Wildman–Crippen LogP) is 0.685. The smallest absolute Gasteiger partial charge is 0.407 e. The first-order valence-electron chi connectivity index (χ1n) is 8.85. The normalized spacial score (nSPS) is 19.7. The highest BCUT2D eigenvalue weighted by Gasteiger charge is 2.42. The zero-order valence-electron chi connectivity index (χ0n) is 16.4. The maximum absolute atomic E-state index is 12.4. The van der Waals surface area contributed by atoms with Crippen molar-refractivity contribution in [3.63, 3.8) is 0 Å². The topological polar surface area (TPSA) is 140 Å². The van der Waals surface area contributed by atoms with Crippen molar-refractivity contribution in [3.8, 4) is 0 Å². The van der Waals surface area contributed by atoms with Crippen molar-refractivity contribution in [2.75, 3.05) is 6.61 Å². The molecular formula is C17H28N4O6. The molecule has 0 fully saturated rings. The average Bonchev–Trinajstić information content (AvgIpc) is 2.52. The molecule has 1 heterocycles. The summed E-state index contributed by atoms with van der Waals surface area (Å²) >= 11 is 0. The van der Waals surface area contributed by atoms with Crippen LogP contribution in [0.25, 0.3) is 0 Å². The number of hydrogen-bond donors (Lipinski definition) is 2. The van der Waals surface area contributed by atoms with E-state index in [2.05, 4.69) is 10.4 Å². The molecule has 1 rings (SSSR count). The Balaban J connectivity index is 3.20. The van der Waals surface area contributed by atoms with Crippen LogP contribution in [0.3, 0.4) is 0 Å². The van der Waals surface area contributed by atoms with Crippen LogP contribution in [0.1, 0.15) is 53.9 Å². The Morgan fingerprint density at radius 2 is 1.89 bits per heavy atom. The van der Waals surface area contributed by atoms with E-state index in [1.807, 2.05) is 0 Å². The van der Waals surface area contributed by atoms with E-state index in [1.165, 1.54) is 0 Å². The zero-order chi connectivity index (χ0) is 20.8. The number of rotatable bonds is 6. The number of amides is 3. The lowest BCUT2D eigenvalue weighted by Gasteiger charge is -2.36. The van der Waals surface area contributed by atoms with Crippen LogP contribution in [0.5, 0.6) is 0 Å². The predicted molar refractivity (Wildman–Crippen MR) is 96.6 cm³/mol. The maximum atomic E-state index is 12.4. The second kappa shape index (κ2) is 9.33. The van der Waals surface area contributed by atoms with Gasteiger partial charge in [-0.05, 0) is 34.1 Å². The monoisotopic (exact) mass is 384 g/mol. The molecule has 0 saturated heterocycles. The molecule has 3 amide bonds. The highest BCUT2D eigenvalue weighted by Crippen LogP contribution is 2.20. The third-order valence-corrected chi connectivity index (χ3v) is 3.51. The van der Waals surface area contributed by atoms with Gasteiger partial charge >= 0.3 is 12.1 Å². The van der Waals surface area contributed by atoms with Gasteiger partial charge in [0.25, 0.3) is 0 Å². The van der Waals surface area contributed by atoms with E-state index in [0.29, 0.717) is 6.42 Å². The highest BCUT2D eigenvalue weighted by atomic mass is 16.6. The molecular weight excluding hydrogens is 356 g/mol. The number of nitrogens with zero attached hydrogens (tertiary/aromatic N) is 2. The number of nitrogens with two attached hydrogens (primary N) is 1. The van der Waals surface area contributed by atoms with Gasteiger partial charge in [0.05, 0.1) is 12.6 Å². The molecule has 2 atom stereocenters. The van der Waals surface area contributed by atoms with Gasteiger partial charge in [0, 0.05) is 12.8 Å². The quantitative estimate of drug-likeness (QED) is 0.645. The van der Waals surface area contributed by atoms with E-state index in [1.54, 1.807) is 34.6 Å². The molecule has 1 aliphatic rings. The molecule has 10 heteroatoms. The minimum Gasteiger partial charge on any atom is -0.461 e. The van der Waals surface area contributed by atoms with E-state index in [-0.39, 0.29) is 25.2 Å². The molecule has 1 aliphatic heterocycles. The van der Waals surface area contributed by atoms with Gasteiger partial charge in [0.15, 0.2) is 6.04 Å². The molecule has 0 aliphatic carbocycles. The van der Waals surface area contributed by atoms with Crippen LogP contribution < -0.4 is 11.1 Å². The van der Waals surface area contributed by atoms with Crippen molar-refractivity contribution in [2.24, 2.45) is 10.8 Å². The van der Waals surface area contributed by atoms with Crippen LogP contribution in [-0.4, -0.2) is 58.9 Å². The summed E-state index contributed by atoms with van der Waals surface area (Å²) in [6.45, 7) is 8.58. The number of hydrogen-bond acceptors (Lipinski definition) is 7. The molecule has 152 valence electrons. The van der Waals surface area contributed by atoms with Crippen molar-refractivity contribution >= 4 is 29.6 Å². The van der Waals surface area contributed by atoms with E-state index in [0.717, 1.165) is 5.01 Å². The van der Waals surface area contributed by atoms with Crippen LogP contribution in [0.2, 0.25) is 0 Å². The van der Waals surface area contributed by atoms with Gasteiger partial charge in [-0.25, -0.2) is 14.6 Å². The SMILES string of the molecule is CCCC(=O)N1N=C(C(=O)OCC)CC(NC(=O)OC(C)(C)C)C1C(N)=O. The lowest BCUT2D eigenvalue weighted by atomic mass is 9.98. The molecule has 2 unspecified atom stereocenters. The minimum absolute atomic E-state index is 0.0835. The van der Waals surface area contributed by atoms with E-state index in [9.17, 15) is 19.2 Å². The second-order valence-corrected chi connectivity index (χ2v) is 7.06. The third kappa shape index (κ3) is 6.54. The first kappa shape index (κ1) is 22.4. The summed E-state index contributed by atoms with van der Waals surface area (Å²) in [5.41, 5.74) is 4.60. The fourth-order valence-electron chi connectivity index (χ4n) is 2.51. The average molecular weight is 384 g/mol. The van der Waals surface area contributed by atoms with Crippen LogP contribution in [0.15, 0.2) is 5.10 Å². The molecule has 3 N–H and O–H groups in total. The molecule has 0 spiro atoms. The van der Waals surface area contributed by atoms with E-state index >= 15 is 0 Å².